The van der Waals surface area contributed by atoms with Crippen molar-refractivity contribution in [2.45, 2.75) is 19.9 Å². The second kappa shape index (κ2) is 5.39. The first-order valence-corrected chi connectivity index (χ1v) is 5.73. The van der Waals surface area contributed by atoms with E-state index in [9.17, 15) is 0 Å². The van der Waals surface area contributed by atoms with Crippen LogP contribution in [0.15, 0.2) is 36.5 Å². The maximum absolute atomic E-state index is 5.69. The first kappa shape index (κ1) is 11.5. The molecular formula is C13H17N3O. The molecule has 0 amide bonds. The lowest BCUT2D eigenvalue weighted by molar-refractivity contribution is 0.297. The highest BCUT2D eigenvalue weighted by molar-refractivity contribution is 5.31. The van der Waals surface area contributed by atoms with Crippen molar-refractivity contribution in [2.75, 3.05) is 12.3 Å². The first-order valence-electron chi connectivity index (χ1n) is 5.73. The van der Waals surface area contributed by atoms with E-state index in [1.165, 1.54) is 0 Å². The third kappa shape index (κ3) is 3.24. The summed E-state index contributed by atoms with van der Waals surface area (Å²) in [5.74, 6) is 1.51. The molecule has 4 heteroatoms. The standard InChI is InChI=1S/C13H17N3O/c1-11-5-2-3-6-12(11)17-10-4-8-16-9-7-13(14)15-16/h2-3,5-7,9H,4,8,10H2,1H3,(H2,14,15). The lowest BCUT2D eigenvalue weighted by Gasteiger charge is -2.08. The van der Waals surface area contributed by atoms with Gasteiger partial charge in [-0.25, -0.2) is 0 Å². The molecule has 0 fully saturated rings. The average Bonchev–Trinajstić information content (AvgIpc) is 2.73. The number of nitrogens with zero attached hydrogens (tertiary/aromatic N) is 2. The minimum atomic E-state index is 0.560. The van der Waals surface area contributed by atoms with Gasteiger partial charge in [-0.2, -0.15) is 5.10 Å². The van der Waals surface area contributed by atoms with Crippen LogP contribution in [-0.2, 0) is 6.54 Å². The van der Waals surface area contributed by atoms with Crippen LogP contribution in [0.3, 0.4) is 0 Å². The van der Waals surface area contributed by atoms with Crippen LogP contribution < -0.4 is 10.5 Å². The van der Waals surface area contributed by atoms with Crippen LogP contribution in [-0.4, -0.2) is 16.4 Å². The summed E-state index contributed by atoms with van der Waals surface area (Å²) in [7, 11) is 0. The van der Waals surface area contributed by atoms with E-state index >= 15 is 0 Å². The lowest BCUT2D eigenvalue weighted by Crippen LogP contribution is -2.05. The topological polar surface area (TPSA) is 53.1 Å². The Morgan fingerprint density at radius 1 is 1.29 bits per heavy atom. The van der Waals surface area contributed by atoms with E-state index < -0.39 is 0 Å². The Hall–Kier alpha value is -1.97. The van der Waals surface area contributed by atoms with Crippen LogP contribution >= 0.6 is 0 Å². The summed E-state index contributed by atoms with van der Waals surface area (Å²) >= 11 is 0. The van der Waals surface area contributed by atoms with Crippen LogP contribution in [0.5, 0.6) is 5.75 Å². The highest BCUT2D eigenvalue weighted by atomic mass is 16.5. The Kier molecular flexibility index (Phi) is 3.65. The monoisotopic (exact) mass is 231 g/mol. The van der Waals surface area contributed by atoms with Gasteiger partial charge in [0.2, 0.25) is 0 Å². The summed E-state index contributed by atoms with van der Waals surface area (Å²) in [4.78, 5) is 0. The van der Waals surface area contributed by atoms with Crippen molar-refractivity contribution in [2.24, 2.45) is 0 Å². The molecule has 17 heavy (non-hydrogen) atoms. The van der Waals surface area contributed by atoms with Gasteiger partial charge in [0.25, 0.3) is 0 Å². The van der Waals surface area contributed by atoms with Gasteiger partial charge < -0.3 is 10.5 Å². The van der Waals surface area contributed by atoms with E-state index in [4.69, 9.17) is 10.5 Å². The van der Waals surface area contributed by atoms with Gasteiger partial charge in [-0.15, -0.1) is 0 Å². The smallest absolute Gasteiger partial charge is 0.145 e. The van der Waals surface area contributed by atoms with E-state index in [-0.39, 0.29) is 0 Å². The molecule has 0 saturated heterocycles. The van der Waals surface area contributed by atoms with Gasteiger partial charge in [0.15, 0.2) is 0 Å². The Morgan fingerprint density at radius 3 is 2.82 bits per heavy atom. The molecule has 2 N–H and O–H groups in total. The van der Waals surface area contributed by atoms with Crippen LogP contribution in [0.25, 0.3) is 0 Å². The number of benzene rings is 1. The average molecular weight is 231 g/mol. The Balaban J connectivity index is 1.75. The van der Waals surface area contributed by atoms with Crippen molar-refractivity contribution in [1.29, 1.82) is 0 Å². The maximum Gasteiger partial charge on any atom is 0.145 e. The second-order valence-electron chi connectivity index (χ2n) is 3.97. The third-order valence-corrected chi connectivity index (χ3v) is 2.54. The quantitative estimate of drug-likeness (QED) is 0.803. The molecule has 0 aliphatic rings. The predicted octanol–water partition coefficient (Wildman–Crippen LogP) is 2.24. The fourth-order valence-electron chi connectivity index (χ4n) is 1.63. The second-order valence-corrected chi connectivity index (χ2v) is 3.97. The zero-order valence-electron chi connectivity index (χ0n) is 9.97. The van der Waals surface area contributed by atoms with E-state index in [2.05, 4.69) is 5.10 Å². The van der Waals surface area contributed by atoms with Crippen molar-refractivity contribution >= 4 is 5.82 Å². The normalized spacial score (nSPS) is 10.4. The molecule has 90 valence electrons. The van der Waals surface area contributed by atoms with Gasteiger partial charge in [-0.3, -0.25) is 4.68 Å². The molecule has 0 bridgehead atoms. The molecule has 0 saturated carbocycles. The highest BCUT2D eigenvalue weighted by Crippen LogP contribution is 2.16. The van der Waals surface area contributed by atoms with E-state index in [0.29, 0.717) is 12.4 Å². The molecule has 0 unspecified atom stereocenters. The zero-order valence-corrected chi connectivity index (χ0v) is 9.97. The summed E-state index contributed by atoms with van der Waals surface area (Å²) in [6, 6.07) is 9.82. The van der Waals surface area contributed by atoms with Crippen molar-refractivity contribution in [3.05, 3.63) is 42.1 Å². The number of ether oxygens (including phenoxy) is 1. The van der Waals surface area contributed by atoms with Crippen molar-refractivity contribution in [1.82, 2.24) is 9.78 Å². The number of nitrogens with two attached hydrogens (primary N) is 1. The Labute approximate surface area is 101 Å². The number of aryl methyl sites for hydroxylation is 2. The molecule has 1 aromatic carbocycles. The van der Waals surface area contributed by atoms with Crippen molar-refractivity contribution in [3.63, 3.8) is 0 Å². The number of aromatic nitrogens is 2. The molecule has 0 aliphatic carbocycles. The molecule has 0 atom stereocenters. The molecule has 4 nitrogen and oxygen atoms in total. The fraction of sp³-hybridized carbons (Fsp3) is 0.308. The number of anilines is 1. The van der Waals surface area contributed by atoms with Crippen molar-refractivity contribution in [3.8, 4) is 5.75 Å². The largest absolute Gasteiger partial charge is 0.493 e. The van der Waals surface area contributed by atoms with Gasteiger partial charge in [0.05, 0.1) is 6.61 Å². The summed E-state index contributed by atoms with van der Waals surface area (Å²) in [5.41, 5.74) is 6.69. The van der Waals surface area contributed by atoms with E-state index in [0.717, 1.165) is 24.3 Å². The number of rotatable bonds is 5. The van der Waals surface area contributed by atoms with E-state index in [1.54, 1.807) is 6.07 Å². The van der Waals surface area contributed by atoms with Gasteiger partial charge in [-0.05, 0) is 24.6 Å². The number of para-hydroxylation sites is 1. The molecule has 0 aliphatic heterocycles. The Morgan fingerprint density at radius 2 is 2.12 bits per heavy atom. The maximum atomic E-state index is 5.69. The summed E-state index contributed by atoms with van der Waals surface area (Å²) in [6.45, 7) is 3.55. The molecule has 2 rings (SSSR count). The first-order chi connectivity index (χ1) is 8.25. The van der Waals surface area contributed by atoms with Gasteiger partial charge in [0.1, 0.15) is 11.6 Å². The number of nitrogen functional groups attached to an aromatic ring is 1. The molecule has 2 aromatic rings. The lowest BCUT2D eigenvalue weighted by atomic mass is 10.2. The highest BCUT2D eigenvalue weighted by Gasteiger charge is 1.98. The molecular weight excluding hydrogens is 214 g/mol. The SMILES string of the molecule is Cc1ccccc1OCCCn1ccc(N)n1. The van der Waals surface area contributed by atoms with Gasteiger partial charge in [0, 0.05) is 19.2 Å². The minimum Gasteiger partial charge on any atom is -0.493 e. The molecule has 0 radical (unpaired) electrons. The van der Waals surface area contributed by atoms with E-state index in [1.807, 2.05) is 42.1 Å². The Bertz CT molecular complexity index is 479. The number of hydrogen-bond donors (Lipinski definition) is 1. The molecule has 1 aromatic heterocycles. The fourth-order valence-corrected chi connectivity index (χ4v) is 1.63. The summed E-state index contributed by atoms with van der Waals surface area (Å²) in [6.07, 6.45) is 2.79. The molecule has 1 heterocycles. The van der Waals surface area contributed by atoms with Crippen LogP contribution in [0, 0.1) is 6.92 Å². The van der Waals surface area contributed by atoms with Crippen molar-refractivity contribution < 1.29 is 4.74 Å². The van der Waals surface area contributed by atoms with Crippen LogP contribution in [0.2, 0.25) is 0 Å². The molecule has 0 spiro atoms. The van der Waals surface area contributed by atoms with Crippen LogP contribution in [0.1, 0.15) is 12.0 Å². The predicted molar refractivity (Wildman–Crippen MR) is 67.9 cm³/mol. The van der Waals surface area contributed by atoms with Gasteiger partial charge >= 0.3 is 0 Å². The summed E-state index contributed by atoms with van der Waals surface area (Å²) < 4.78 is 7.52. The third-order valence-electron chi connectivity index (χ3n) is 2.54. The van der Waals surface area contributed by atoms with Crippen LogP contribution in [0.4, 0.5) is 5.82 Å². The minimum absolute atomic E-state index is 0.560. The van der Waals surface area contributed by atoms with Gasteiger partial charge in [-0.1, -0.05) is 18.2 Å². The summed E-state index contributed by atoms with van der Waals surface area (Å²) in [5, 5.41) is 4.11. The number of hydrogen-bond acceptors (Lipinski definition) is 3. The zero-order chi connectivity index (χ0) is 12.1.